The second-order valence-corrected chi connectivity index (χ2v) is 7.15. The van der Waals surface area contributed by atoms with Crippen LogP contribution in [-0.2, 0) is 11.3 Å². The van der Waals surface area contributed by atoms with Gasteiger partial charge in [-0.1, -0.05) is 26.0 Å². The molecule has 2 aliphatic rings. The Bertz CT molecular complexity index is 587. The number of rotatable bonds is 7. The number of ether oxygens (including phenoxy) is 1. The van der Waals surface area contributed by atoms with E-state index in [2.05, 4.69) is 10.2 Å². The number of benzene rings is 1. The van der Waals surface area contributed by atoms with Crippen molar-refractivity contribution in [3.05, 3.63) is 39.4 Å². The summed E-state index contributed by atoms with van der Waals surface area (Å²) in [5.74, 6) is 0.149. The molecule has 1 aliphatic carbocycles. The monoisotopic (exact) mass is 333 g/mol. The van der Waals surface area contributed by atoms with Crippen LogP contribution in [0.25, 0.3) is 0 Å². The van der Waals surface area contributed by atoms with Crippen molar-refractivity contribution in [2.24, 2.45) is 0 Å². The minimum absolute atomic E-state index is 0.149. The molecule has 1 aliphatic heterocycles. The van der Waals surface area contributed by atoms with E-state index in [0.717, 1.165) is 43.4 Å². The van der Waals surface area contributed by atoms with Crippen LogP contribution in [0.15, 0.2) is 18.2 Å². The van der Waals surface area contributed by atoms with E-state index in [1.54, 1.807) is 6.07 Å². The third-order valence-corrected chi connectivity index (χ3v) is 4.85. The summed E-state index contributed by atoms with van der Waals surface area (Å²) in [5, 5.41) is 14.7. The summed E-state index contributed by atoms with van der Waals surface area (Å²) in [6.07, 6.45) is 2.86. The van der Waals surface area contributed by atoms with Crippen molar-refractivity contribution < 1.29 is 9.66 Å². The van der Waals surface area contributed by atoms with Gasteiger partial charge >= 0.3 is 0 Å². The summed E-state index contributed by atoms with van der Waals surface area (Å²) in [7, 11) is 0. The third-order valence-electron chi connectivity index (χ3n) is 4.85. The molecule has 0 bridgehead atoms. The number of hydrogen-bond donors (Lipinski definition) is 1. The predicted octanol–water partition coefficient (Wildman–Crippen LogP) is 2.67. The number of nitro groups is 1. The van der Waals surface area contributed by atoms with Gasteiger partial charge in [-0.05, 0) is 24.3 Å². The highest BCUT2D eigenvalue weighted by atomic mass is 16.6. The van der Waals surface area contributed by atoms with Gasteiger partial charge in [-0.25, -0.2) is 0 Å². The van der Waals surface area contributed by atoms with E-state index in [1.807, 2.05) is 26.0 Å². The van der Waals surface area contributed by atoms with Crippen LogP contribution in [0.1, 0.15) is 43.7 Å². The van der Waals surface area contributed by atoms with Gasteiger partial charge in [0.1, 0.15) is 0 Å². The largest absolute Gasteiger partial charge is 0.374 e. The summed E-state index contributed by atoms with van der Waals surface area (Å²) < 4.78 is 5.82. The topological polar surface area (TPSA) is 67.6 Å². The average Bonchev–Trinajstić information content (AvgIpc) is 3.40. The Morgan fingerprint density at radius 3 is 2.88 bits per heavy atom. The Balaban J connectivity index is 1.52. The minimum Gasteiger partial charge on any atom is -0.374 e. The van der Waals surface area contributed by atoms with E-state index >= 15 is 0 Å². The molecular formula is C18H27N3O3. The number of morpholine rings is 1. The highest BCUT2D eigenvalue weighted by molar-refractivity contribution is 5.45. The Hall–Kier alpha value is -1.50. The highest BCUT2D eigenvalue weighted by Crippen LogP contribution is 2.28. The first-order chi connectivity index (χ1) is 11.5. The molecule has 0 radical (unpaired) electrons. The second-order valence-electron chi connectivity index (χ2n) is 7.15. The molecule has 6 nitrogen and oxygen atoms in total. The maximum atomic E-state index is 11.3. The van der Waals surface area contributed by atoms with Crippen LogP contribution in [0.5, 0.6) is 0 Å². The van der Waals surface area contributed by atoms with Crippen molar-refractivity contribution in [2.75, 3.05) is 26.2 Å². The molecule has 1 saturated heterocycles. The van der Waals surface area contributed by atoms with Gasteiger partial charge < -0.3 is 10.1 Å². The number of nitrogens with zero attached hydrogens (tertiary/aromatic N) is 2. The zero-order valence-electron chi connectivity index (χ0n) is 14.5. The van der Waals surface area contributed by atoms with E-state index in [9.17, 15) is 10.1 Å². The van der Waals surface area contributed by atoms with Crippen molar-refractivity contribution in [3.8, 4) is 0 Å². The standard InChI is InChI=1S/C18H27N3O3/c1-13(2)17-6-3-14(9-18(17)21(22)23)10-19-11-16-12-20(7-8-24-16)15-4-5-15/h3,6,9,13,15-16,19H,4-5,7-8,10-12H2,1-2H3. The minimum atomic E-state index is -0.281. The van der Waals surface area contributed by atoms with Crippen molar-refractivity contribution in [1.82, 2.24) is 10.2 Å². The van der Waals surface area contributed by atoms with Crippen molar-refractivity contribution in [1.29, 1.82) is 0 Å². The summed E-state index contributed by atoms with van der Waals surface area (Å²) in [6.45, 7) is 8.20. The third kappa shape index (κ3) is 4.32. The van der Waals surface area contributed by atoms with Gasteiger partial charge in [0.25, 0.3) is 5.69 Å². The highest BCUT2D eigenvalue weighted by Gasteiger charge is 2.32. The second kappa shape index (κ2) is 7.59. The first kappa shape index (κ1) is 17.3. The van der Waals surface area contributed by atoms with Crippen molar-refractivity contribution in [3.63, 3.8) is 0 Å². The van der Waals surface area contributed by atoms with Gasteiger partial charge in [0.05, 0.1) is 17.6 Å². The first-order valence-corrected chi connectivity index (χ1v) is 8.88. The normalized spacial score (nSPS) is 22.0. The average molecular weight is 333 g/mol. The Morgan fingerprint density at radius 2 is 2.21 bits per heavy atom. The van der Waals surface area contributed by atoms with E-state index in [1.165, 1.54) is 12.8 Å². The number of hydrogen-bond acceptors (Lipinski definition) is 5. The molecular weight excluding hydrogens is 306 g/mol. The lowest BCUT2D eigenvalue weighted by Crippen LogP contribution is -2.47. The van der Waals surface area contributed by atoms with E-state index in [0.29, 0.717) is 6.54 Å². The van der Waals surface area contributed by atoms with Crippen LogP contribution in [0, 0.1) is 10.1 Å². The SMILES string of the molecule is CC(C)c1ccc(CNCC2CN(C3CC3)CCO2)cc1[N+](=O)[O-]. The van der Waals surface area contributed by atoms with Crippen LogP contribution in [0.4, 0.5) is 5.69 Å². The molecule has 1 heterocycles. The van der Waals surface area contributed by atoms with Gasteiger partial charge in [0, 0.05) is 43.9 Å². The lowest BCUT2D eigenvalue weighted by Gasteiger charge is -2.33. The molecule has 0 aromatic heterocycles. The van der Waals surface area contributed by atoms with Crippen LogP contribution >= 0.6 is 0 Å². The molecule has 1 aromatic carbocycles. The molecule has 1 N–H and O–H groups in total. The quantitative estimate of drug-likeness (QED) is 0.614. The van der Waals surface area contributed by atoms with E-state index < -0.39 is 0 Å². The van der Waals surface area contributed by atoms with Gasteiger partial charge in [-0.3, -0.25) is 15.0 Å². The molecule has 24 heavy (non-hydrogen) atoms. The van der Waals surface area contributed by atoms with Gasteiger partial charge in [-0.15, -0.1) is 0 Å². The van der Waals surface area contributed by atoms with Crippen LogP contribution < -0.4 is 5.32 Å². The van der Waals surface area contributed by atoms with Gasteiger partial charge in [-0.2, -0.15) is 0 Å². The van der Waals surface area contributed by atoms with Crippen LogP contribution in [-0.4, -0.2) is 48.2 Å². The zero-order valence-corrected chi connectivity index (χ0v) is 14.5. The number of nitrogens with one attached hydrogen (secondary N) is 1. The van der Waals surface area contributed by atoms with Gasteiger partial charge in [0.15, 0.2) is 0 Å². The molecule has 1 atom stereocenters. The molecule has 3 rings (SSSR count). The summed E-state index contributed by atoms with van der Waals surface area (Å²) in [5.41, 5.74) is 1.96. The Labute approximate surface area is 143 Å². The fourth-order valence-corrected chi connectivity index (χ4v) is 3.36. The first-order valence-electron chi connectivity index (χ1n) is 8.88. The van der Waals surface area contributed by atoms with Gasteiger partial charge in [0.2, 0.25) is 0 Å². The van der Waals surface area contributed by atoms with E-state index in [-0.39, 0.29) is 22.6 Å². The molecule has 1 saturated carbocycles. The molecule has 2 fully saturated rings. The predicted molar refractivity (Wildman–Crippen MR) is 93.2 cm³/mol. The Kier molecular flexibility index (Phi) is 5.48. The molecule has 1 aromatic rings. The maximum Gasteiger partial charge on any atom is 0.273 e. The zero-order chi connectivity index (χ0) is 17.1. The van der Waals surface area contributed by atoms with Crippen LogP contribution in [0.3, 0.4) is 0 Å². The molecule has 0 spiro atoms. The maximum absolute atomic E-state index is 11.3. The fourth-order valence-electron chi connectivity index (χ4n) is 3.36. The molecule has 6 heteroatoms. The fraction of sp³-hybridized carbons (Fsp3) is 0.667. The van der Waals surface area contributed by atoms with Crippen molar-refractivity contribution in [2.45, 2.75) is 51.3 Å². The van der Waals surface area contributed by atoms with E-state index in [4.69, 9.17) is 4.74 Å². The summed E-state index contributed by atoms with van der Waals surface area (Å²) in [4.78, 5) is 13.5. The Morgan fingerprint density at radius 1 is 1.42 bits per heavy atom. The molecule has 1 unspecified atom stereocenters. The lowest BCUT2D eigenvalue weighted by atomic mass is 9.99. The van der Waals surface area contributed by atoms with Crippen molar-refractivity contribution >= 4 is 5.69 Å². The molecule has 132 valence electrons. The molecule has 0 amide bonds. The summed E-state index contributed by atoms with van der Waals surface area (Å²) in [6, 6.07) is 6.34. The number of nitro benzene ring substituents is 1. The summed E-state index contributed by atoms with van der Waals surface area (Å²) >= 11 is 0. The smallest absolute Gasteiger partial charge is 0.273 e. The lowest BCUT2D eigenvalue weighted by molar-refractivity contribution is -0.385. The van der Waals surface area contributed by atoms with Crippen LogP contribution in [0.2, 0.25) is 0 Å².